The fraction of sp³-hybridized carbons (Fsp3) is 0.250. The van der Waals surface area contributed by atoms with Crippen LogP contribution in [0.5, 0.6) is 0 Å². The summed E-state index contributed by atoms with van der Waals surface area (Å²) in [4.78, 5) is 97.6. The van der Waals surface area contributed by atoms with Gasteiger partial charge in [0.1, 0.15) is 0 Å². The standard InChI is InChI=1S/C24H33N6O9Si3/c31-40(32,33)16-13-28-7-1-19(2-8-28)22-25-23(20-3-9-29(10-4-20)14-17-41(34,35)36)27-24(26-22)21-5-11-30(12-6-21)15-18-42(37,38)39/h1-12,31-39H,13-18H2/q+3. The lowest BCUT2D eigenvalue weighted by Gasteiger charge is -2.09. The van der Waals surface area contributed by atoms with E-state index in [-0.39, 0.29) is 37.8 Å². The predicted octanol–water partition coefficient (Wildman–Crippen LogP) is -3.52. The summed E-state index contributed by atoms with van der Waals surface area (Å²) in [5.74, 6) is 1.08. The van der Waals surface area contributed by atoms with Crippen molar-refractivity contribution >= 4 is 26.4 Å². The first-order valence-corrected chi connectivity index (χ1v) is 19.0. The van der Waals surface area contributed by atoms with Gasteiger partial charge in [-0.1, -0.05) is 0 Å². The largest absolute Gasteiger partial charge is 0.499 e. The molecule has 4 rings (SSSR count). The molecule has 0 aromatic carbocycles. The Bertz CT molecular complexity index is 1290. The van der Waals surface area contributed by atoms with Crippen molar-refractivity contribution in [3.05, 3.63) is 73.6 Å². The van der Waals surface area contributed by atoms with Crippen LogP contribution < -0.4 is 13.7 Å². The Morgan fingerprint density at radius 1 is 0.405 bits per heavy atom. The highest BCUT2D eigenvalue weighted by Crippen LogP contribution is 2.23. The molecule has 0 bridgehead atoms. The van der Waals surface area contributed by atoms with E-state index in [4.69, 9.17) is 0 Å². The van der Waals surface area contributed by atoms with Gasteiger partial charge in [-0.25, -0.2) is 28.7 Å². The highest BCUT2D eigenvalue weighted by atomic mass is 28.4. The maximum Gasteiger partial charge on any atom is 0.499 e. The Morgan fingerprint density at radius 3 is 0.810 bits per heavy atom. The Morgan fingerprint density at radius 2 is 0.619 bits per heavy atom. The Kier molecular flexibility index (Phi) is 9.77. The van der Waals surface area contributed by atoms with Crippen LogP contribution >= 0.6 is 0 Å². The van der Waals surface area contributed by atoms with Crippen molar-refractivity contribution in [3.8, 4) is 34.2 Å². The molecular formula is C24H33N6O9Si3+3. The minimum Gasteiger partial charge on any atom is -0.390 e. The van der Waals surface area contributed by atoms with Crippen molar-refractivity contribution in [1.82, 2.24) is 15.0 Å². The molecule has 15 nitrogen and oxygen atoms in total. The topological polar surface area (TPSA) is 232 Å². The summed E-state index contributed by atoms with van der Waals surface area (Å²) in [6.07, 6.45) is 10.2. The van der Waals surface area contributed by atoms with Crippen LogP contribution in [-0.4, -0.2) is 84.5 Å². The third-order valence-electron chi connectivity index (χ3n) is 6.20. The van der Waals surface area contributed by atoms with Gasteiger partial charge in [-0.05, 0) is 0 Å². The monoisotopic (exact) mass is 633 g/mol. The van der Waals surface area contributed by atoms with Crippen LogP contribution in [0.1, 0.15) is 0 Å². The molecule has 0 fully saturated rings. The fourth-order valence-corrected chi connectivity index (χ4v) is 5.54. The summed E-state index contributed by atoms with van der Waals surface area (Å²) in [5.41, 5.74) is 1.96. The number of pyridine rings is 3. The summed E-state index contributed by atoms with van der Waals surface area (Å²) in [5, 5.41) is 0. The van der Waals surface area contributed by atoms with Crippen LogP contribution in [0.3, 0.4) is 0 Å². The van der Waals surface area contributed by atoms with Crippen LogP contribution in [-0.2, 0) is 19.6 Å². The SMILES string of the molecule is O[Si](O)(O)CC[n+]1ccc(-c2nc(-c3cc[n+](CC[Si](O)(O)O)cc3)nc(-c3cc[n+](CC[Si](O)(O)O)cc3)n2)cc1. The van der Waals surface area contributed by atoms with E-state index in [1.54, 1.807) is 87.3 Å². The van der Waals surface area contributed by atoms with Crippen molar-refractivity contribution < 1.29 is 56.9 Å². The normalized spacial score (nSPS) is 12.5. The summed E-state index contributed by atoms with van der Waals surface area (Å²) in [6.45, 7) is 0.615. The molecule has 4 heterocycles. The molecule has 18 heteroatoms. The van der Waals surface area contributed by atoms with Gasteiger partial charge in [-0.3, -0.25) is 0 Å². The molecule has 0 saturated carbocycles. The lowest BCUT2D eigenvalue weighted by Crippen LogP contribution is -2.42. The lowest BCUT2D eigenvalue weighted by atomic mass is 10.2. The second-order valence-corrected chi connectivity index (χ2v) is 16.0. The van der Waals surface area contributed by atoms with Crippen LogP contribution in [0, 0.1) is 0 Å². The minimum atomic E-state index is -4.17. The molecule has 0 saturated heterocycles. The van der Waals surface area contributed by atoms with Crippen molar-refractivity contribution in [2.75, 3.05) is 0 Å². The van der Waals surface area contributed by atoms with Crippen molar-refractivity contribution in [2.45, 2.75) is 37.8 Å². The highest BCUT2D eigenvalue weighted by molar-refractivity contribution is 6.56. The smallest absolute Gasteiger partial charge is 0.390 e. The lowest BCUT2D eigenvalue weighted by molar-refractivity contribution is -0.694. The van der Waals surface area contributed by atoms with E-state index in [1.807, 2.05) is 0 Å². The van der Waals surface area contributed by atoms with Gasteiger partial charge < -0.3 is 43.2 Å². The van der Waals surface area contributed by atoms with Crippen LogP contribution in [0.15, 0.2) is 73.6 Å². The van der Waals surface area contributed by atoms with E-state index in [2.05, 4.69) is 15.0 Å². The highest BCUT2D eigenvalue weighted by Gasteiger charge is 2.30. The maximum atomic E-state index is 9.30. The number of nitrogens with zero attached hydrogens (tertiary/aromatic N) is 6. The molecule has 4 aromatic heterocycles. The Hall–Kier alpha value is -3.25. The van der Waals surface area contributed by atoms with E-state index < -0.39 is 26.4 Å². The summed E-state index contributed by atoms with van der Waals surface area (Å²) in [7, 11) is -12.5. The first kappa shape index (κ1) is 31.7. The number of hydrogen-bond acceptors (Lipinski definition) is 12. The van der Waals surface area contributed by atoms with Crippen LogP contribution in [0.2, 0.25) is 18.1 Å². The molecule has 42 heavy (non-hydrogen) atoms. The number of aryl methyl sites for hydroxylation is 3. The predicted molar refractivity (Wildman–Crippen MR) is 148 cm³/mol. The molecule has 0 aliphatic rings. The fourth-order valence-electron chi connectivity index (χ4n) is 3.87. The average Bonchev–Trinajstić information content (AvgIpc) is 2.93. The quantitative estimate of drug-likeness (QED) is 0.0546. The van der Waals surface area contributed by atoms with Crippen LogP contribution in [0.25, 0.3) is 34.2 Å². The van der Waals surface area contributed by atoms with E-state index >= 15 is 0 Å². The van der Waals surface area contributed by atoms with Gasteiger partial charge in [0.05, 0.1) is 18.1 Å². The minimum absolute atomic E-state index is 0.157. The van der Waals surface area contributed by atoms with Crippen LogP contribution in [0.4, 0.5) is 0 Å². The van der Waals surface area contributed by atoms with Gasteiger partial charge in [0.15, 0.2) is 74.3 Å². The molecule has 222 valence electrons. The second kappa shape index (κ2) is 12.9. The van der Waals surface area contributed by atoms with Gasteiger partial charge >= 0.3 is 26.4 Å². The van der Waals surface area contributed by atoms with Gasteiger partial charge in [0.25, 0.3) is 0 Å². The number of hydrogen-bond donors (Lipinski definition) is 9. The molecule has 0 atom stereocenters. The summed E-state index contributed by atoms with van der Waals surface area (Å²) in [6, 6.07) is 10.0. The molecule has 0 amide bonds. The van der Waals surface area contributed by atoms with Gasteiger partial charge in [-0.2, -0.15) is 0 Å². The molecule has 9 N–H and O–H groups in total. The Labute approximate surface area is 243 Å². The van der Waals surface area contributed by atoms with Crippen molar-refractivity contribution in [2.24, 2.45) is 0 Å². The molecule has 0 aliphatic heterocycles. The summed E-state index contributed by atoms with van der Waals surface area (Å²) >= 11 is 0. The van der Waals surface area contributed by atoms with E-state index in [9.17, 15) is 43.2 Å². The van der Waals surface area contributed by atoms with E-state index in [1.165, 1.54) is 0 Å². The molecule has 0 unspecified atom stereocenters. The van der Waals surface area contributed by atoms with Gasteiger partial charge in [-0.15, -0.1) is 0 Å². The Balaban J connectivity index is 1.66. The first-order valence-electron chi connectivity index (χ1n) is 12.9. The van der Waals surface area contributed by atoms with Crippen molar-refractivity contribution in [3.63, 3.8) is 0 Å². The molecular weight excluding hydrogens is 601 g/mol. The van der Waals surface area contributed by atoms with Gasteiger partial charge in [0, 0.05) is 53.1 Å². The zero-order chi connectivity index (χ0) is 30.5. The maximum absolute atomic E-state index is 9.30. The zero-order valence-corrected chi connectivity index (χ0v) is 25.4. The van der Waals surface area contributed by atoms with E-state index in [0.29, 0.717) is 34.2 Å². The van der Waals surface area contributed by atoms with E-state index in [0.717, 1.165) is 0 Å². The first-order chi connectivity index (χ1) is 19.6. The summed E-state index contributed by atoms with van der Waals surface area (Å²) < 4.78 is 5.07. The zero-order valence-electron chi connectivity index (χ0n) is 22.4. The third-order valence-corrected chi connectivity index (χ3v) is 8.88. The third kappa shape index (κ3) is 9.94. The number of rotatable bonds is 12. The molecule has 0 spiro atoms. The molecule has 4 aromatic rings. The van der Waals surface area contributed by atoms with Gasteiger partial charge in [0.2, 0.25) is 0 Å². The average molecular weight is 634 g/mol. The second-order valence-electron chi connectivity index (χ2n) is 9.85. The molecule has 0 radical (unpaired) electrons. The number of aromatic nitrogens is 6. The molecule has 0 aliphatic carbocycles. The van der Waals surface area contributed by atoms with Crippen molar-refractivity contribution in [1.29, 1.82) is 0 Å².